The van der Waals surface area contributed by atoms with Crippen molar-refractivity contribution in [2.45, 2.75) is 57.5 Å². The Morgan fingerprint density at radius 2 is 1.88 bits per heavy atom. The summed E-state index contributed by atoms with van der Waals surface area (Å²) in [6.45, 7) is 3.28. The molecule has 2 aliphatic rings. The van der Waals surface area contributed by atoms with Gasteiger partial charge in [0.15, 0.2) is 5.82 Å². The fraction of sp³-hybridized carbons (Fsp3) is 0.444. The van der Waals surface area contributed by atoms with Gasteiger partial charge in [0.2, 0.25) is 5.91 Å². The largest absolute Gasteiger partial charge is 0.365 e. The Morgan fingerprint density at radius 1 is 1.09 bits per heavy atom. The number of aryl methyl sites for hydroxylation is 1. The predicted octanol–water partition coefficient (Wildman–Crippen LogP) is 3.74. The van der Waals surface area contributed by atoms with Gasteiger partial charge in [-0.2, -0.15) is 0 Å². The van der Waals surface area contributed by atoms with E-state index >= 15 is 0 Å². The van der Waals surface area contributed by atoms with Gasteiger partial charge in [0, 0.05) is 41.3 Å². The molecular formula is C27H33N5O2. The molecule has 2 fully saturated rings. The van der Waals surface area contributed by atoms with Crippen LogP contribution in [0.3, 0.4) is 0 Å². The Bertz CT molecular complexity index is 1220. The summed E-state index contributed by atoms with van der Waals surface area (Å²) < 4.78 is 0. The van der Waals surface area contributed by atoms with Gasteiger partial charge in [-0.3, -0.25) is 9.59 Å². The number of rotatable bonds is 5. The number of amides is 1. The Morgan fingerprint density at radius 3 is 2.68 bits per heavy atom. The molecule has 1 aliphatic heterocycles. The third-order valence-electron chi connectivity index (χ3n) is 7.25. The number of fused-ring (bicyclic) bond motifs is 1. The lowest BCUT2D eigenvalue weighted by Crippen LogP contribution is -2.53. The molecular weight excluding hydrogens is 426 g/mol. The summed E-state index contributed by atoms with van der Waals surface area (Å²) in [5, 5.41) is 11.1. The third-order valence-corrected chi connectivity index (χ3v) is 7.25. The normalized spacial score (nSPS) is 21.3. The van der Waals surface area contributed by atoms with Gasteiger partial charge in [-0.05, 0) is 44.4 Å². The van der Waals surface area contributed by atoms with E-state index in [1.165, 1.54) is 19.3 Å². The number of carbonyl (C=O) groups is 1. The van der Waals surface area contributed by atoms with Crippen LogP contribution in [0.2, 0.25) is 0 Å². The number of hydrogen-bond donors (Lipinski definition) is 4. The minimum atomic E-state index is -0.196. The average Bonchev–Trinajstić information content (AvgIpc) is 2.86. The van der Waals surface area contributed by atoms with Crippen LogP contribution in [-0.4, -0.2) is 41.0 Å². The van der Waals surface area contributed by atoms with Crippen LogP contribution in [0.5, 0.6) is 0 Å². The van der Waals surface area contributed by atoms with E-state index in [1.807, 2.05) is 49.5 Å². The number of benzene rings is 1. The van der Waals surface area contributed by atoms with E-state index < -0.39 is 0 Å². The van der Waals surface area contributed by atoms with Gasteiger partial charge in [-0.1, -0.05) is 49.6 Å². The quantitative estimate of drug-likeness (QED) is 0.466. The summed E-state index contributed by atoms with van der Waals surface area (Å²) in [5.41, 5.74) is 3.23. The van der Waals surface area contributed by atoms with Gasteiger partial charge in [-0.25, -0.2) is 4.98 Å². The Hall–Kier alpha value is -3.19. The number of pyridine rings is 2. The van der Waals surface area contributed by atoms with Gasteiger partial charge < -0.3 is 20.9 Å². The highest BCUT2D eigenvalue weighted by molar-refractivity contribution is 5.99. The molecule has 178 valence electrons. The molecule has 7 nitrogen and oxygen atoms in total. The van der Waals surface area contributed by atoms with Gasteiger partial charge in [0.25, 0.3) is 5.56 Å². The second kappa shape index (κ2) is 9.97. The van der Waals surface area contributed by atoms with E-state index in [0.29, 0.717) is 23.4 Å². The van der Waals surface area contributed by atoms with Crippen LogP contribution in [0, 0.1) is 12.8 Å². The first-order chi connectivity index (χ1) is 16.6. The van der Waals surface area contributed by atoms with Crippen molar-refractivity contribution in [1.29, 1.82) is 0 Å². The van der Waals surface area contributed by atoms with Gasteiger partial charge in [0.1, 0.15) is 0 Å². The number of nitrogens with one attached hydrogen (secondary N) is 4. The van der Waals surface area contributed by atoms with Gasteiger partial charge in [-0.15, -0.1) is 0 Å². The van der Waals surface area contributed by atoms with Gasteiger partial charge in [0.05, 0.1) is 11.4 Å². The molecule has 0 unspecified atom stereocenters. The van der Waals surface area contributed by atoms with Crippen LogP contribution < -0.4 is 21.5 Å². The summed E-state index contributed by atoms with van der Waals surface area (Å²) in [5.74, 6) is 0.527. The van der Waals surface area contributed by atoms with Crippen molar-refractivity contribution < 1.29 is 4.79 Å². The van der Waals surface area contributed by atoms with E-state index in [1.54, 1.807) is 0 Å². The maximum atomic E-state index is 13.2. The van der Waals surface area contributed by atoms with Crippen LogP contribution in [-0.2, 0) is 4.79 Å². The number of piperidine rings is 1. The molecule has 1 aliphatic carbocycles. The molecule has 0 bridgehead atoms. The smallest absolute Gasteiger partial charge is 0.251 e. The third kappa shape index (κ3) is 4.71. The summed E-state index contributed by atoms with van der Waals surface area (Å²) >= 11 is 0. The Balaban J connectivity index is 1.45. The summed E-state index contributed by atoms with van der Waals surface area (Å²) in [6, 6.07) is 12.2. The van der Waals surface area contributed by atoms with Crippen molar-refractivity contribution in [3.8, 4) is 11.1 Å². The van der Waals surface area contributed by atoms with Crippen LogP contribution >= 0.6 is 0 Å². The molecule has 1 saturated heterocycles. The molecule has 7 heteroatoms. The molecule has 2 aromatic heterocycles. The number of aromatic nitrogens is 2. The zero-order valence-electron chi connectivity index (χ0n) is 19.7. The molecule has 1 saturated carbocycles. The van der Waals surface area contributed by atoms with E-state index in [0.717, 1.165) is 42.3 Å². The standard InChI is InChI=1S/C27H33N5O2/c1-17-14-20-21(18-8-4-2-5-9-18)16-29-25(24(20)32-26(17)33)31-23-12-13-28-15-22(23)27(34)30-19-10-6-3-7-11-19/h2,4-5,8-9,14,16,19,22-23,28H,3,6-7,10-13,15H2,1H3,(H,29,31)(H,30,34)(H,32,33)/t22-,23-/m1/s1. The lowest BCUT2D eigenvalue weighted by atomic mass is 9.90. The highest BCUT2D eigenvalue weighted by atomic mass is 16.2. The zero-order chi connectivity index (χ0) is 23.5. The molecule has 0 radical (unpaired) electrons. The summed E-state index contributed by atoms with van der Waals surface area (Å²) in [7, 11) is 0. The molecule has 1 amide bonds. The second-order valence-corrected chi connectivity index (χ2v) is 9.65. The van der Waals surface area contributed by atoms with E-state index in [4.69, 9.17) is 4.98 Å². The fourth-order valence-electron chi connectivity index (χ4n) is 5.29. The SMILES string of the molecule is Cc1cc2c(-c3ccccc3)cnc(N[C@@H]3CCNC[C@H]3C(=O)NC3CCCCC3)c2[nH]c1=O. The molecule has 4 N–H and O–H groups in total. The molecule has 34 heavy (non-hydrogen) atoms. The molecule has 2 atom stereocenters. The number of nitrogens with zero attached hydrogens (tertiary/aromatic N) is 1. The zero-order valence-corrected chi connectivity index (χ0v) is 19.7. The van der Waals surface area contributed by atoms with Crippen LogP contribution in [0.1, 0.15) is 44.1 Å². The van der Waals surface area contributed by atoms with Crippen molar-refractivity contribution in [3.63, 3.8) is 0 Å². The predicted molar refractivity (Wildman–Crippen MR) is 136 cm³/mol. The average molecular weight is 460 g/mol. The monoisotopic (exact) mass is 459 g/mol. The first-order valence-electron chi connectivity index (χ1n) is 12.5. The lowest BCUT2D eigenvalue weighted by Gasteiger charge is -2.34. The Kier molecular flexibility index (Phi) is 6.63. The summed E-state index contributed by atoms with van der Waals surface area (Å²) in [6.07, 6.45) is 8.43. The molecule has 1 aromatic carbocycles. The number of aromatic amines is 1. The number of carbonyl (C=O) groups excluding carboxylic acids is 1. The number of anilines is 1. The van der Waals surface area contributed by atoms with E-state index in [9.17, 15) is 9.59 Å². The van der Waals surface area contributed by atoms with E-state index in [-0.39, 0.29) is 29.5 Å². The minimum Gasteiger partial charge on any atom is -0.365 e. The number of hydrogen-bond acceptors (Lipinski definition) is 5. The Labute approximate surface area is 199 Å². The van der Waals surface area contributed by atoms with E-state index in [2.05, 4.69) is 20.9 Å². The second-order valence-electron chi connectivity index (χ2n) is 9.65. The first kappa shape index (κ1) is 22.6. The molecule has 5 rings (SSSR count). The highest BCUT2D eigenvalue weighted by Crippen LogP contribution is 2.31. The molecule has 0 spiro atoms. The minimum absolute atomic E-state index is 0.0621. The van der Waals surface area contributed by atoms with Crippen LogP contribution in [0.15, 0.2) is 47.4 Å². The van der Waals surface area contributed by atoms with Crippen molar-refractivity contribution in [1.82, 2.24) is 20.6 Å². The van der Waals surface area contributed by atoms with Crippen molar-refractivity contribution >= 4 is 22.6 Å². The lowest BCUT2D eigenvalue weighted by molar-refractivity contribution is -0.126. The topological polar surface area (TPSA) is 98.9 Å². The van der Waals surface area contributed by atoms with Crippen molar-refractivity contribution in [2.24, 2.45) is 5.92 Å². The van der Waals surface area contributed by atoms with Crippen molar-refractivity contribution in [2.75, 3.05) is 18.4 Å². The van der Waals surface area contributed by atoms with Crippen LogP contribution in [0.4, 0.5) is 5.82 Å². The maximum absolute atomic E-state index is 13.2. The molecule has 3 heterocycles. The summed E-state index contributed by atoms with van der Waals surface area (Å²) in [4.78, 5) is 33.5. The first-order valence-corrected chi connectivity index (χ1v) is 12.5. The van der Waals surface area contributed by atoms with Crippen LogP contribution in [0.25, 0.3) is 22.0 Å². The van der Waals surface area contributed by atoms with Crippen molar-refractivity contribution in [3.05, 3.63) is 58.5 Å². The van der Waals surface area contributed by atoms with Gasteiger partial charge >= 0.3 is 0 Å². The highest BCUT2D eigenvalue weighted by Gasteiger charge is 2.33. The number of H-pyrrole nitrogens is 1. The fourth-order valence-corrected chi connectivity index (χ4v) is 5.29. The molecule has 3 aromatic rings. The maximum Gasteiger partial charge on any atom is 0.251 e.